The van der Waals surface area contributed by atoms with Crippen molar-refractivity contribution < 1.29 is 14.7 Å². The third kappa shape index (κ3) is 2.58. The predicted octanol–water partition coefficient (Wildman–Crippen LogP) is 1.05. The number of amides is 2. The third-order valence-electron chi connectivity index (χ3n) is 4.42. The summed E-state index contributed by atoms with van der Waals surface area (Å²) in [7, 11) is 0. The Bertz CT molecular complexity index is 1050. The minimum Gasteiger partial charge on any atom is -0.389 e. The van der Waals surface area contributed by atoms with Gasteiger partial charge in [-0.25, -0.2) is 4.68 Å². The number of hydrogen-bond donors (Lipinski definition) is 1. The van der Waals surface area contributed by atoms with Crippen LogP contribution in [-0.2, 0) is 6.54 Å². The van der Waals surface area contributed by atoms with E-state index in [0.29, 0.717) is 21.9 Å². The molecule has 0 bridgehead atoms. The second-order valence-electron chi connectivity index (χ2n) is 6.14. The Kier molecular flexibility index (Phi) is 3.85. The molecule has 3 aromatic rings. The van der Waals surface area contributed by atoms with Gasteiger partial charge in [-0.05, 0) is 18.2 Å². The van der Waals surface area contributed by atoms with Gasteiger partial charge >= 0.3 is 0 Å². The van der Waals surface area contributed by atoms with Gasteiger partial charge in [0.2, 0.25) is 0 Å². The number of benzene rings is 2. The van der Waals surface area contributed by atoms with Crippen molar-refractivity contribution in [1.29, 1.82) is 0 Å². The molecule has 0 unspecified atom stereocenters. The van der Waals surface area contributed by atoms with Gasteiger partial charge in [0.15, 0.2) is 0 Å². The van der Waals surface area contributed by atoms with E-state index in [1.807, 2.05) is 6.07 Å². The number of aliphatic hydroxyl groups is 1. The molecule has 0 radical (unpaired) electrons. The number of aromatic nitrogens is 2. The molecule has 26 heavy (non-hydrogen) atoms. The maximum Gasteiger partial charge on any atom is 0.274 e. The number of carbonyl (C=O) groups is 2. The molecule has 0 saturated carbocycles. The number of carbonyl (C=O) groups excluding carboxylic acids is 2. The highest BCUT2D eigenvalue weighted by Crippen LogP contribution is 2.22. The van der Waals surface area contributed by atoms with Gasteiger partial charge in [0.05, 0.1) is 41.9 Å². The Balaban J connectivity index is 1.54. The first-order chi connectivity index (χ1) is 12.6. The lowest BCUT2D eigenvalue weighted by molar-refractivity contribution is 0.0513. The van der Waals surface area contributed by atoms with Crippen LogP contribution >= 0.6 is 0 Å². The van der Waals surface area contributed by atoms with Crippen LogP contribution in [-0.4, -0.2) is 44.3 Å². The molecule has 0 saturated heterocycles. The molecule has 2 amide bonds. The zero-order chi connectivity index (χ0) is 18.3. The molecule has 0 fully saturated rings. The van der Waals surface area contributed by atoms with E-state index >= 15 is 0 Å². The van der Waals surface area contributed by atoms with Crippen LogP contribution in [0.1, 0.15) is 20.7 Å². The summed E-state index contributed by atoms with van der Waals surface area (Å²) < 4.78 is 1.14. The van der Waals surface area contributed by atoms with Gasteiger partial charge in [0.25, 0.3) is 17.4 Å². The Morgan fingerprint density at radius 1 is 0.885 bits per heavy atom. The highest BCUT2D eigenvalue weighted by molar-refractivity contribution is 6.21. The van der Waals surface area contributed by atoms with Crippen molar-refractivity contribution in [3.05, 3.63) is 76.2 Å². The Hall–Kier alpha value is -3.32. The van der Waals surface area contributed by atoms with Crippen molar-refractivity contribution in [2.75, 3.05) is 6.54 Å². The van der Waals surface area contributed by atoms with Crippen LogP contribution < -0.4 is 5.56 Å². The summed E-state index contributed by atoms with van der Waals surface area (Å²) in [4.78, 5) is 38.1. The van der Waals surface area contributed by atoms with E-state index in [0.717, 1.165) is 9.58 Å². The van der Waals surface area contributed by atoms with Crippen molar-refractivity contribution in [1.82, 2.24) is 14.7 Å². The Morgan fingerprint density at radius 3 is 2.19 bits per heavy atom. The molecule has 0 spiro atoms. The van der Waals surface area contributed by atoms with Gasteiger partial charge in [-0.3, -0.25) is 19.3 Å². The first-order valence-electron chi connectivity index (χ1n) is 8.14. The minimum absolute atomic E-state index is 0.114. The third-order valence-corrected chi connectivity index (χ3v) is 4.42. The summed E-state index contributed by atoms with van der Waals surface area (Å²) in [5.74, 6) is -0.882. The van der Waals surface area contributed by atoms with Gasteiger partial charge in [0.1, 0.15) is 0 Å². The van der Waals surface area contributed by atoms with E-state index in [2.05, 4.69) is 5.10 Å². The fraction of sp³-hybridized carbons (Fsp3) is 0.158. The first kappa shape index (κ1) is 16.2. The molecule has 2 aromatic carbocycles. The fourth-order valence-corrected chi connectivity index (χ4v) is 3.13. The molecule has 1 aliphatic rings. The van der Waals surface area contributed by atoms with E-state index in [-0.39, 0.29) is 18.6 Å². The topological polar surface area (TPSA) is 92.5 Å². The van der Waals surface area contributed by atoms with E-state index in [1.165, 1.54) is 0 Å². The molecule has 2 heterocycles. The van der Waals surface area contributed by atoms with Crippen molar-refractivity contribution >= 4 is 22.6 Å². The molecule has 1 atom stereocenters. The highest BCUT2D eigenvalue weighted by atomic mass is 16.3. The number of nitrogens with zero attached hydrogens (tertiary/aromatic N) is 3. The summed E-state index contributed by atoms with van der Waals surface area (Å²) in [5.41, 5.74) is 0.320. The van der Waals surface area contributed by atoms with Gasteiger partial charge < -0.3 is 5.11 Å². The summed E-state index contributed by atoms with van der Waals surface area (Å²) in [5, 5.41) is 15.6. The second-order valence-corrected chi connectivity index (χ2v) is 6.14. The molecular formula is C19H15N3O4. The SMILES string of the molecule is O=C1c2ccccc2C(=O)N1C[C@@H](O)Cn1ncc2ccccc2c1=O. The fourth-order valence-electron chi connectivity index (χ4n) is 3.13. The van der Waals surface area contributed by atoms with Gasteiger partial charge in [-0.2, -0.15) is 5.10 Å². The maximum absolute atomic E-state index is 12.5. The van der Waals surface area contributed by atoms with Crippen molar-refractivity contribution in [3.8, 4) is 0 Å². The average Bonchev–Trinajstić information content (AvgIpc) is 2.89. The molecule has 7 nitrogen and oxygen atoms in total. The van der Waals surface area contributed by atoms with Crippen molar-refractivity contribution in [3.63, 3.8) is 0 Å². The smallest absolute Gasteiger partial charge is 0.274 e. The molecule has 1 aliphatic heterocycles. The summed E-state index contributed by atoms with van der Waals surface area (Å²) >= 11 is 0. The lowest BCUT2D eigenvalue weighted by atomic mass is 10.1. The van der Waals surface area contributed by atoms with E-state index in [4.69, 9.17) is 0 Å². The van der Waals surface area contributed by atoms with Crippen LogP contribution in [0, 0.1) is 0 Å². The zero-order valence-corrected chi connectivity index (χ0v) is 13.7. The first-order valence-corrected chi connectivity index (χ1v) is 8.14. The maximum atomic E-state index is 12.5. The average molecular weight is 349 g/mol. The van der Waals surface area contributed by atoms with Crippen LogP contribution in [0.5, 0.6) is 0 Å². The van der Waals surface area contributed by atoms with Gasteiger partial charge in [-0.15, -0.1) is 0 Å². The van der Waals surface area contributed by atoms with E-state index in [9.17, 15) is 19.5 Å². The molecule has 0 aliphatic carbocycles. The summed E-state index contributed by atoms with van der Waals surface area (Å²) in [6, 6.07) is 13.6. The lowest BCUT2D eigenvalue weighted by Crippen LogP contribution is -2.40. The molecular weight excluding hydrogens is 334 g/mol. The Labute approximate surface area is 148 Å². The van der Waals surface area contributed by atoms with Gasteiger partial charge in [-0.1, -0.05) is 30.3 Å². The van der Waals surface area contributed by atoms with Crippen LogP contribution in [0.3, 0.4) is 0 Å². The molecule has 7 heteroatoms. The summed E-state index contributed by atoms with van der Waals surface area (Å²) in [6.45, 7) is -0.315. The number of β-amino-alcohol motifs (C(OH)–C–C–N with tert-alkyl or cyclic N) is 1. The Morgan fingerprint density at radius 2 is 1.50 bits per heavy atom. The quantitative estimate of drug-likeness (QED) is 0.711. The number of hydrogen-bond acceptors (Lipinski definition) is 5. The van der Waals surface area contributed by atoms with Crippen molar-refractivity contribution in [2.24, 2.45) is 0 Å². The summed E-state index contributed by atoms with van der Waals surface area (Å²) in [6.07, 6.45) is 0.439. The molecule has 4 rings (SSSR count). The van der Waals surface area contributed by atoms with Crippen LogP contribution in [0.25, 0.3) is 10.8 Å². The van der Waals surface area contributed by atoms with E-state index in [1.54, 1.807) is 48.7 Å². The van der Waals surface area contributed by atoms with E-state index < -0.39 is 17.9 Å². The highest BCUT2D eigenvalue weighted by Gasteiger charge is 2.36. The number of fused-ring (bicyclic) bond motifs is 2. The number of rotatable bonds is 4. The van der Waals surface area contributed by atoms with Crippen LogP contribution in [0.15, 0.2) is 59.5 Å². The monoisotopic (exact) mass is 349 g/mol. The normalized spacial score (nSPS) is 14.7. The molecule has 1 aromatic heterocycles. The lowest BCUT2D eigenvalue weighted by Gasteiger charge is -2.18. The number of aliphatic hydroxyl groups excluding tert-OH is 1. The van der Waals surface area contributed by atoms with Crippen LogP contribution in [0.4, 0.5) is 0 Å². The largest absolute Gasteiger partial charge is 0.389 e. The molecule has 130 valence electrons. The number of imide groups is 1. The second kappa shape index (κ2) is 6.20. The van der Waals surface area contributed by atoms with Crippen molar-refractivity contribution in [2.45, 2.75) is 12.6 Å². The standard InChI is InChI=1S/C19H15N3O4/c23-13(10-21-17(24)15-7-3-4-8-16(15)18(21)25)11-22-19(26)14-6-2-1-5-12(14)9-20-22/h1-9,13,23H,10-11H2/t13-/m1/s1. The molecule has 1 N–H and O–H groups in total. The van der Waals surface area contributed by atoms with Gasteiger partial charge in [0, 0.05) is 5.39 Å². The predicted molar refractivity (Wildman–Crippen MR) is 93.8 cm³/mol. The van der Waals surface area contributed by atoms with Crippen LogP contribution in [0.2, 0.25) is 0 Å². The zero-order valence-electron chi connectivity index (χ0n) is 13.7. The minimum atomic E-state index is -1.11.